The SMILES string of the molecule is CN(C)CCOc1ccc(Nc2ncc3c(=O)n4c(nc3n2)c2ccccc2n4-c2nccs2)cc1. The van der Waals surface area contributed by atoms with E-state index in [0.29, 0.717) is 34.4 Å². The molecular formula is C25H22N8O2S. The molecule has 1 N–H and O–H groups in total. The smallest absolute Gasteiger partial charge is 0.284 e. The number of hydrogen-bond acceptors (Lipinski definition) is 9. The summed E-state index contributed by atoms with van der Waals surface area (Å²) in [5.41, 5.74) is 2.22. The summed E-state index contributed by atoms with van der Waals surface area (Å²) in [7, 11) is 4.01. The van der Waals surface area contributed by atoms with Crippen molar-refractivity contribution >= 4 is 50.6 Å². The van der Waals surface area contributed by atoms with Crippen LogP contribution in [-0.4, -0.2) is 61.3 Å². The number of likely N-dealkylation sites (N-methyl/N-ethyl adjacent to an activating group) is 1. The van der Waals surface area contributed by atoms with E-state index in [0.717, 1.165) is 28.9 Å². The first-order valence-electron chi connectivity index (χ1n) is 11.3. The van der Waals surface area contributed by atoms with Crippen molar-refractivity contribution in [2.75, 3.05) is 32.6 Å². The molecule has 0 unspecified atom stereocenters. The average molecular weight is 499 g/mol. The second kappa shape index (κ2) is 9.02. The first-order valence-corrected chi connectivity index (χ1v) is 12.2. The van der Waals surface area contributed by atoms with Crippen LogP contribution in [0.3, 0.4) is 0 Å². The number of benzene rings is 2. The van der Waals surface area contributed by atoms with Crippen LogP contribution in [0.25, 0.3) is 32.7 Å². The second-order valence-corrected chi connectivity index (χ2v) is 9.30. The summed E-state index contributed by atoms with van der Waals surface area (Å²) in [6, 6.07) is 15.3. The molecule has 2 aromatic carbocycles. The topological polar surface area (TPSA) is 102 Å². The lowest BCUT2D eigenvalue weighted by Gasteiger charge is -2.11. The summed E-state index contributed by atoms with van der Waals surface area (Å²) < 4.78 is 9.07. The van der Waals surface area contributed by atoms with Crippen molar-refractivity contribution in [1.29, 1.82) is 0 Å². The van der Waals surface area contributed by atoms with Gasteiger partial charge in [-0.25, -0.2) is 19.6 Å². The number of nitrogens with zero attached hydrogens (tertiary/aromatic N) is 7. The largest absolute Gasteiger partial charge is 0.492 e. The van der Waals surface area contributed by atoms with Crippen LogP contribution in [0, 0.1) is 0 Å². The van der Waals surface area contributed by atoms with Gasteiger partial charge in [0, 0.05) is 35.4 Å². The predicted molar refractivity (Wildman–Crippen MR) is 141 cm³/mol. The van der Waals surface area contributed by atoms with Gasteiger partial charge in [-0.3, -0.25) is 4.79 Å². The Labute approximate surface area is 209 Å². The highest BCUT2D eigenvalue weighted by molar-refractivity contribution is 7.12. The maximum Gasteiger partial charge on any atom is 0.284 e. The van der Waals surface area contributed by atoms with Crippen LogP contribution in [0.1, 0.15) is 0 Å². The summed E-state index contributed by atoms with van der Waals surface area (Å²) in [5.74, 6) is 1.14. The summed E-state index contributed by atoms with van der Waals surface area (Å²) in [4.78, 5) is 33.7. The van der Waals surface area contributed by atoms with Gasteiger partial charge in [0.1, 0.15) is 17.7 Å². The first-order chi connectivity index (χ1) is 17.6. The van der Waals surface area contributed by atoms with Gasteiger partial charge in [0.25, 0.3) is 5.56 Å². The van der Waals surface area contributed by atoms with Crippen LogP contribution in [-0.2, 0) is 0 Å². The summed E-state index contributed by atoms with van der Waals surface area (Å²) >= 11 is 1.45. The van der Waals surface area contributed by atoms with Gasteiger partial charge in [-0.2, -0.15) is 9.50 Å². The van der Waals surface area contributed by atoms with Crippen molar-refractivity contribution in [2.24, 2.45) is 0 Å². The Hall–Kier alpha value is -4.35. The molecule has 6 rings (SSSR count). The molecule has 4 heterocycles. The van der Waals surface area contributed by atoms with Crippen molar-refractivity contribution in [3.63, 3.8) is 0 Å². The minimum Gasteiger partial charge on any atom is -0.492 e. The van der Waals surface area contributed by atoms with Gasteiger partial charge in [-0.15, -0.1) is 11.3 Å². The third-order valence-corrected chi connectivity index (χ3v) is 6.44. The minimum absolute atomic E-state index is 0.257. The predicted octanol–water partition coefficient (Wildman–Crippen LogP) is 3.72. The zero-order valence-corrected chi connectivity index (χ0v) is 20.4. The van der Waals surface area contributed by atoms with E-state index in [1.165, 1.54) is 22.0 Å². The van der Waals surface area contributed by atoms with Crippen LogP contribution in [0.5, 0.6) is 5.75 Å². The fourth-order valence-corrected chi connectivity index (χ4v) is 4.61. The zero-order valence-electron chi connectivity index (χ0n) is 19.6. The van der Waals surface area contributed by atoms with E-state index in [1.807, 2.05) is 68.0 Å². The molecule has 10 nitrogen and oxygen atoms in total. The highest BCUT2D eigenvalue weighted by atomic mass is 32.1. The van der Waals surface area contributed by atoms with Gasteiger partial charge in [0.15, 0.2) is 11.3 Å². The van der Waals surface area contributed by atoms with Crippen LogP contribution < -0.4 is 15.6 Å². The molecule has 0 atom stereocenters. The molecule has 0 saturated carbocycles. The number of nitrogens with one attached hydrogen (secondary N) is 1. The molecule has 0 fully saturated rings. The second-order valence-electron chi connectivity index (χ2n) is 8.43. The molecule has 0 aliphatic rings. The maximum atomic E-state index is 13.6. The van der Waals surface area contributed by atoms with E-state index in [-0.39, 0.29) is 5.56 Å². The van der Waals surface area contributed by atoms with Gasteiger partial charge in [0.05, 0.1) is 5.52 Å². The van der Waals surface area contributed by atoms with Gasteiger partial charge >= 0.3 is 0 Å². The Balaban J connectivity index is 1.38. The van der Waals surface area contributed by atoms with E-state index in [1.54, 1.807) is 10.9 Å². The van der Waals surface area contributed by atoms with E-state index in [4.69, 9.17) is 9.72 Å². The molecular weight excluding hydrogens is 476 g/mol. The van der Waals surface area contributed by atoms with Gasteiger partial charge < -0.3 is 15.0 Å². The minimum atomic E-state index is -0.257. The van der Waals surface area contributed by atoms with E-state index >= 15 is 0 Å². The molecule has 0 radical (unpaired) electrons. The monoisotopic (exact) mass is 498 g/mol. The van der Waals surface area contributed by atoms with Crippen LogP contribution in [0.4, 0.5) is 11.6 Å². The molecule has 0 aliphatic carbocycles. The Morgan fingerprint density at radius 3 is 2.64 bits per heavy atom. The molecule has 180 valence electrons. The summed E-state index contributed by atoms with van der Waals surface area (Å²) in [5, 5.41) is 6.89. The molecule has 4 aromatic heterocycles. The number of ether oxygens (including phenoxy) is 1. The standard InChI is InChI=1S/C25H22N8O2S/c1-31(2)12-13-35-17-9-7-16(8-10-17)28-24-27-15-19-21(30-24)29-22-18-5-3-4-6-20(18)32(33(22)23(19)34)25-26-11-14-36-25/h3-11,14-15H,12-13H2,1-2H3,(H,27,28,30). The van der Waals surface area contributed by atoms with Gasteiger partial charge in [-0.1, -0.05) is 12.1 Å². The van der Waals surface area contributed by atoms with Gasteiger partial charge in [-0.05, 0) is 50.5 Å². The number of rotatable bonds is 7. The van der Waals surface area contributed by atoms with Crippen molar-refractivity contribution < 1.29 is 4.74 Å². The molecule has 0 amide bonds. The molecule has 0 bridgehead atoms. The van der Waals surface area contributed by atoms with Crippen LogP contribution in [0.2, 0.25) is 0 Å². The highest BCUT2D eigenvalue weighted by Crippen LogP contribution is 2.26. The Bertz CT molecular complexity index is 1740. The lowest BCUT2D eigenvalue weighted by Crippen LogP contribution is -2.21. The third-order valence-electron chi connectivity index (χ3n) is 5.70. The van der Waals surface area contributed by atoms with Crippen molar-refractivity contribution in [1.82, 2.24) is 34.0 Å². The number of anilines is 2. The number of fused-ring (bicyclic) bond motifs is 4. The summed E-state index contributed by atoms with van der Waals surface area (Å²) in [6.07, 6.45) is 3.22. The van der Waals surface area contributed by atoms with Crippen LogP contribution >= 0.6 is 11.3 Å². The molecule has 11 heteroatoms. The van der Waals surface area contributed by atoms with Crippen molar-refractivity contribution in [3.05, 3.63) is 76.7 Å². The van der Waals surface area contributed by atoms with Crippen molar-refractivity contribution in [3.8, 4) is 10.9 Å². The van der Waals surface area contributed by atoms with Crippen molar-refractivity contribution in [2.45, 2.75) is 0 Å². The Morgan fingerprint density at radius 1 is 1.03 bits per heavy atom. The van der Waals surface area contributed by atoms with E-state index < -0.39 is 0 Å². The third kappa shape index (κ3) is 3.93. The molecule has 6 aromatic rings. The summed E-state index contributed by atoms with van der Waals surface area (Å²) in [6.45, 7) is 1.45. The van der Waals surface area contributed by atoms with Gasteiger partial charge in [0.2, 0.25) is 11.1 Å². The average Bonchev–Trinajstić information content (AvgIpc) is 3.51. The fourth-order valence-electron chi connectivity index (χ4n) is 3.96. The lowest BCUT2D eigenvalue weighted by molar-refractivity contribution is 0.261. The molecule has 36 heavy (non-hydrogen) atoms. The molecule has 0 aliphatic heterocycles. The number of hydrogen-bond donors (Lipinski definition) is 1. The van der Waals surface area contributed by atoms with E-state index in [2.05, 4.69) is 25.2 Å². The Morgan fingerprint density at radius 2 is 1.86 bits per heavy atom. The quantitative estimate of drug-likeness (QED) is 0.355. The lowest BCUT2D eigenvalue weighted by atomic mass is 10.2. The number of thiazole rings is 1. The molecule has 0 saturated heterocycles. The number of aromatic nitrogens is 6. The zero-order chi connectivity index (χ0) is 24.6. The highest BCUT2D eigenvalue weighted by Gasteiger charge is 2.19. The first kappa shape index (κ1) is 22.1. The van der Waals surface area contributed by atoms with Crippen LogP contribution in [0.15, 0.2) is 71.1 Å². The van der Waals surface area contributed by atoms with E-state index in [9.17, 15) is 4.79 Å². The normalized spacial score (nSPS) is 11.6. The fraction of sp³-hybridized carbons (Fsp3) is 0.160. The Kier molecular flexibility index (Phi) is 5.55. The maximum absolute atomic E-state index is 13.6. The molecule has 0 spiro atoms. The number of para-hydroxylation sites is 1.